The minimum atomic E-state index is -0.470. The Morgan fingerprint density at radius 1 is 0.821 bits per heavy atom. The van der Waals surface area contributed by atoms with Crippen molar-refractivity contribution in [1.82, 2.24) is 0 Å². The minimum absolute atomic E-state index is 0.160. The SMILES string of the molecule is CCC(C)(C)Oc1ccc(C(C)c2ccc(OC(=O)C(C)(C)CC)cc2)cc1. The van der Waals surface area contributed by atoms with Crippen LogP contribution in [0.15, 0.2) is 48.5 Å². The van der Waals surface area contributed by atoms with Crippen LogP contribution in [0.3, 0.4) is 0 Å². The second kappa shape index (κ2) is 8.81. The maximum atomic E-state index is 12.2. The Morgan fingerprint density at radius 3 is 1.71 bits per heavy atom. The molecular weight excluding hydrogens is 348 g/mol. The first kappa shape index (κ1) is 22.0. The van der Waals surface area contributed by atoms with Crippen molar-refractivity contribution in [3.05, 3.63) is 59.7 Å². The lowest BCUT2D eigenvalue weighted by atomic mass is 9.90. The van der Waals surface area contributed by atoms with E-state index in [1.54, 1.807) is 0 Å². The van der Waals surface area contributed by atoms with E-state index in [0.29, 0.717) is 5.75 Å². The zero-order valence-electron chi connectivity index (χ0n) is 18.3. The van der Waals surface area contributed by atoms with E-state index in [1.807, 2.05) is 57.2 Å². The molecule has 0 amide bonds. The smallest absolute Gasteiger partial charge is 0.316 e. The average molecular weight is 383 g/mol. The zero-order chi connectivity index (χ0) is 20.9. The molecule has 0 aliphatic carbocycles. The van der Waals surface area contributed by atoms with Gasteiger partial charge in [-0.15, -0.1) is 0 Å². The van der Waals surface area contributed by atoms with Gasteiger partial charge in [0.1, 0.15) is 17.1 Å². The number of benzene rings is 2. The fourth-order valence-electron chi connectivity index (χ4n) is 2.62. The van der Waals surface area contributed by atoms with E-state index >= 15 is 0 Å². The summed E-state index contributed by atoms with van der Waals surface area (Å²) in [6.07, 6.45) is 1.70. The van der Waals surface area contributed by atoms with Crippen LogP contribution in [0.5, 0.6) is 11.5 Å². The molecular formula is C25H34O3. The lowest BCUT2D eigenvalue weighted by Gasteiger charge is -2.25. The van der Waals surface area contributed by atoms with E-state index in [2.05, 4.69) is 39.8 Å². The van der Waals surface area contributed by atoms with Crippen LogP contribution >= 0.6 is 0 Å². The van der Waals surface area contributed by atoms with E-state index in [9.17, 15) is 4.79 Å². The molecule has 0 radical (unpaired) electrons. The summed E-state index contributed by atoms with van der Waals surface area (Å²) in [6.45, 7) is 14.3. The molecule has 0 heterocycles. The van der Waals surface area contributed by atoms with Gasteiger partial charge in [-0.1, -0.05) is 45.0 Å². The molecule has 0 aliphatic rings. The molecule has 0 saturated heterocycles. The third kappa shape index (κ3) is 5.60. The third-order valence-electron chi connectivity index (χ3n) is 5.65. The lowest BCUT2D eigenvalue weighted by molar-refractivity contribution is -0.144. The molecule has 0 N–H and O–H groups in total. The first-order valence-corrected chi connectivity index (χ1v) is 10.2. The summed E-state index contributed by atoms with van der Waals surface area (Å²) in [4.78, 5) is 12.2. The van der Waals surface area contributed by atoms with Gasteiger partial charge in [-0.05, 0) is 75.9 Å². The highest BCUT2D eigenvalue weighted by Crippen LogP contribution is 2.29. The van der Waals surface area contributed by atoms with Crippen molar-refractivity contribution in [3.8, 4) is 11.5 Å². The highest BCUT2D eigenvalue weighted by molar-refractivity contribution is 5.78. The number of carbonyl (C=O) groups excluding carboxylic acids is 1. The number of carbonyl (C=O) groups is 1. The number of hydrogen-bond donors (Lipinski definition) is 0. The van der Waals surface area contributed by atoms with Crippen LogP contribution in [-0.2, 0) is 4.79 Å². The summed E-state index contributed by atoms with van der Waals surface area (Å²) in [5, 5.41) is 0. The molecule has 3 nitrogen and oxygen atoms in total. The van der Waals surface area contributed by atoms with E-state index in [4.69, 9.17) is 9.47 Å². The number of rotatable bonds is 8. The van der Waals surface area contributed by atoms with Crippen LogP contribution in [0.2, 0.25) is 0 Å². The maximum Gasteiger partial charge on any atom is 0.316 e. The van der Waals surface area contributed by atoms with E-state index in [0.717, 1.165) is 18.6 Å². The molecule has 2 aromatic rings. The second-order valence-electron chi connectivity index (χ2n) is 8.70. The third-order valence-corrected chi connectivity index (χ3v) is 5.65. The molecule has 0 fully saturated rings. The van der Waals surface area contributed by atoms with Gasteiger partial charge in [0, 0.05) is 5.92 Å². The van der Waals surface area contributed by atoms with Gasteiger partial charge >= 0.3 is 5.97 Å². The van der Waals surface area contributed by atoms with Gasteiger partial charge in [-0.3, -0.25) is 4.79 Å². The topological polar surface area (TPSA) is 35.5 Å². The fraction of sp³-hybridized carbons (Fsp3) is 0.480. The standard InChI is InChI=1S/C25H34O3/c1-8-24(4,5)23(26)27-21-14-10-19(11-15-21)18(3)20-12-16-22(17-13-20)28-25(6,7)9-2/h10-18H,8-9H2,1-7H3. The summed E-state index contributed by atoms with van der Waals surface area (Å²) >= 11 is 0. The van der Waals surface area contributed by atoms with Gasteiger partial charge in [-0.2, -0.15) is 0 Å². The average Bonchev–Trinajstić information content (AvgIpc) is 2.68. The summed E-state index contributed by atoms with van der Waals surface area (Å²) in [7, 11) is 0. The predicted molar refractivity (Wildman–Crippen MR) is 115 cm³/mol. The van der Waals surface area contributed by atoms with Crippen molar-refractivity contribution < 1.29 is 14.3 Å². The van der Waals surface area contributed by atoms with Gasteiger partial charge in [0.05, 0.1) is 5.41 Å². The van der Waals surface area contributed by atoms with Crippen molar-refractivity contribution in [2.24, 2.45) is 5.41 Å². The predicted octanol–water partition coefficient (Wildman–Crippen LogP) is 6.75. The van der Waals surface area contributed by atoms with Crippen LogP contribution in [0.4, 0.5) is 0 Å². The van der Waals surface area contributed by atoms with Gasteiger partial charge in [0.2, 0.25) is 0 Å². The number of ether oxygens (including phenoxy) is 2. The summed E-state index contributed by atoms with van der Waals surface area (Å²) < 4.78 is 11.6. The zero-order valence-corrected chi connectivity index (χ0v) is 18.3. The van der Waals surface area contributed by atoms with Gasteiger partial charge in [-0.25, -0.2) is 0 Å². The van der Waals surface area contributed by atoms with Crippen LogP contribution in [0.1, 0.15) is 78.4 Å². The summed E-state index contributed by atoms with van der Waals surface area (Å²) in [6, 6.07) is 16.1. The van der Waals surface area contributed by atoms with Crippen molar-refractivity contribution in [1.29, 1.82) is 0 Å². The fourth-order valence-corrected chi connectivity index (χ4v) is 2.62. The van der Waals surface area contributed by atoms with Crippen LogP contribution in [-0.4, -0.2) is 11.6 Å². The van der Waals surface area contributed by atoms with Gasteiger partial charge in [0.15, 0.2) is 0 Å². The molecule has 0 bridgehead atoms. The Labute approximate surface area is 170 Å². The molecule has 0 aromatic heterocycles. The molecule has 1 atom stereocenters. The number of esters is 1. The molecule has 2 aromatic carbocycles. The molecule has 28 heavy (non-hydrogen) atoms. The van der Waals surface area contributed by atoms with Crippen LogP contribution < -0.4 is 9.47 Å². The summed E-state index contributed by atoms with van der Waals surface area (Å²) in [5.41, 5.74) is 1.77. The van der Waals surface area contributed by atoms with Crippen LogP contribution in [0.25, 0.3) is 0 Å². The maximum absolute atomic E-state index is 12.2. The largest absolute Gasteiger partial charge is 0.488 e. The van der Waals surface area contributed by atoms with Gasteiger partial charge < -0.3 is 9.47 Å². The normalized spacial score (nSPS) is 13.1. The number of hydrogen-bond acceptors (Lipinski definition) is 3. The Balaban J connectivity index is 2.06. The molecule has 3 heteroatoms. The highest BCUT2D eigenvalue weighted by Gasteiger charge is 2.27. The highest BCUT2D eigenvalue weighted by atomic mass is 16.5. The first-order valence-electron chi connectivity index (χ1n) is 10.2. The van der Waals surface area contributed by atoms with E-state index in [-0.39, 0.29) is 17.5 Å². The second-order valence-corrected chi connectivity index (χ2v) is 8.70. The Kier molecular flexibility index (Phi) is 6.92. The van der Waals surface area contributed by atoms with Crippen molar-refractivity contribution >= 4 is 5.97 Å². The lowest BCUT2D eigenvalue weighted by Crippen LogP contribution is -2.28. The van der Waals surface area contributed by atoms with Crippen molar-refractivity contribution in [2.45, 2.75) is 72.8 Å². The molecule has 0 spiro atoms. The van der Waals surface area contributed by atoms with Crippen molar-refractivity contribution in [2.75, 3.05) is 0 Å². The van der Waals surface area contributed by atoms with Crippen molar-refractivity contribution in [3.63, 3.8) is 0 Å². The molecule has 0 saturated carbocycles. The Morgan fingerprint density at radius 2 is 1.29 bits per heavy atom. The Hall–Kier alpha value is -2.29. The van der Waals surface area contributed by atoms with E-state index < -0.39 is 5.41 Å². The molecule has 0 aliphatic heterocycles. The minimum Gasteiger partial charge on any atom is -0.488 e. The monoisotopic (exact) mass is 382 g/mol. The molecule has 152 valence electrons. The first-order chi connectivity index (χ1) is 13.1. The van der Waals surface area contributed by atoms with Gasteiger partial charge in [0.25, 0.3) is 0 Å². The van der Waals surface area contributed by atoms with Crippen LogP contribution in [0, 0.1) is 5.41 Å². The summed E-state index contributed by atoms with van der Waals surface area (Å²) in [5.74, 6) is 1.53. The molecule has 1 unspecified atom stereocenters. The Bertz CT molecular complexity index is 770. The quantitative estimate of drug-likeness (QED) is 0.374. The van der Waals surface area contributed by atoms with E-state index in [1.165, 1.54) is 11.1 Å². The molecule has 2 rings (SSSR count).